The van der Waals surface area contributed by atoms with E-state index in [0.29, 0.717) is 13.0 Å². The van der Waals surface area contributed by atoms with Gasteiger partial charge in [0.05, 0.1) is 7.11 Å². The fraction of sp³-hybridized carbons (Fsp3) is 0.353. The molecule has 1 amide bonds. The van der Waals surface area contributed by atoms with E-state index in [4.69, 9.17) is 4.74 Å². The van der Waals surface area contributed by atoms with Gasteiger partial charge in [-0.15, -0.1) is 0 Å². The maximum atomic E-state index is 12.3. The molecule has 5 heteroatoms. The van der Waals surface area contributed by atoms with Crippen LogP contribution < -0.4 is 10.1 Å². The molecule has 0 aliphatic rings. The van der Waals surface area contributed by atoms with Crippen molar-refractivity contribution in [3.8, 4) is 5.75 Å². The number of methoxy groups -OCH3 is 1. The van der Waals surface area contributed by atoms with Crippen LogP contribution in [-0.4, -0.2) is 37.9 Å². The second-order valence-corrected chi connectivity index (χ2v) is 5.08. The highest BCUT2D eigenvalue weighted by Crippen LogP contribution is 2.30. The van der Waals surface area contributed by atoms with Gasteiger partial charge in [-0.2, -0.15) is 0 Å². The molecule has 0 aromatic heterocycles. The lowest BCUT2D eigenvalue weighted by atomic mass is 9.91. The monoisotopic (exact) mass is 305 g/mol. The molecule has 118 valence electrons. The second-order valence-electron chi connectivity index (χ2n) is 5.08. The lowest BCUT2D eigenvalue weighted by molar-refractivity contribution is -0.122. The van der Waals surface area contributed by atoms with E-state index >= 15 is 0 Å². The van der Waals surface area contributed by atoms with Crippen molar-refractivity contribution in [3.63, 3.8) is 0 Å². The minimum Gasteiger partial charge on any atom is -0.497 e. The SMILES string of the molecule is COc1ccc2cccc(C(CCO)CNC(=O)CF)c2c1. The number of benzene rings is 2. The summed E-state index contributed by atoms with van der Waals surface area (Å²) in [4.78, 5) is 11.1. The van der Waals surface area contributed by atoms with Gasteiger partial charge in [0.2, 0.25) is 0 Å². The Hall–Kier alpha value is -2.14. The number of hydrogen-bond acceptors (Lipinski definition) is 3. The lowest BCUT2D eigenvalue weighted by Gasteiger charge is -2.19. The van der Waals surface area contributed by atoms with E-state index < -0.39 is 12.6 Å². The molecule has 0 aliphatic carbocycles. The van der Waals surface area contributed by atoms with E-state index in [1.807, 2.05) is 36.4 Å². The van der Waals surface area contributed by atoms with Crippen molar-refractivity contribution in [3.05, 3.63) is 42.0 Å². The minimum absolute atomic E-state index is 0.00345. The standard InChI is InChI=1S/C17H20FNO3/c1-22-14-6-5-12-3-2-4-15(16(12)9-14)13(7-8-20)11-19-17(21)10-18/h2-6,9,13,20H,7-8,10-11H2,1H3,(H,19,21). The van der Waals surface area contributed by atoms with Gasteiger partial charge in [-0.05, 0) is 34.9 Å². The van der Waals surface area contributed by atoms with Crippen LogP contribution in [0.15, 0.2) is 36.4 Å². The number of carbonyl (C=O) groups excluding carboxylic acids is 1. The summed E-state index contributed by atoms with van der Waals surface area (Å²) >= 11 is 0. The summed E-state index contributed by atoms with van der Waals surface area (Å²) in [5.74, 6) is 0.0209. The van der Waals surface area contributed by atoms with Crippen molar-refractivity contribution >= 4 is 16.7 Å². The Labute approximate surface area is 128 Å². The first-order chi connectivity index (χ1) is 10.7. The first-order valence-electron chi connectivity index (χ1n) is 7.19. The Kier molecular flexibility index (Phi) is 5.72. The van der Waals surface area contributed by atoms with Crippen molar-refractivity contribution in [2.45, 2.75) is 12.3 Å². The predicted octanol–water partition coefficient (Wildman–Crippen LogP) is 2.40. The van der Waals surface area contributed by atoms with Crippen LogP contribution in [0.5, 0.6) is 5.75 Å². The van der Waals surface area contributed by atoms with Gasteiger partial charge in [-0.3, -0.25) is 4.79 Å². The average Bonchev–Trinajstić information content (AvgIpc) is 2.57. The quantitative estimate of drug-likeness (QED) is 0.826. The molecule has 2 aromatic rings. The summed E-state index contributed by atoms with van der Waals surface area (Å²) in [5.41, 5.74) is 1.00. The highest BCUT2D eigenvalue weighted by atomic mass is 19.1. The van der Waals surface area contributed by atoms with Crippen molar-refractivity contribution in [1.29, 1.82) is 0 Å². The van der Waals surface area contributed by atoms with Crippen LogP contribution in [0.3, 0.4) is 0 Å². The van der Waals surface area contributed by atoms with Crippen LogP contribution in [0.4, 0.5) is 4.39 Å². The number of hydrogen-bond donors (Lipinski definition) is 2. The van der Waals surface area contributed by atoms with E-state index in [2.05, 4.69) is 5.32 Å². The van der Waals surface area contributed by atoms with Crippen molar-refractivity contribution in [2.24, 2.45) is 0 Å². The Morgan fingerprint density at radius 2 is 2.18 bits per heavy atom. The molecule has 1 atom stereocenters. The number of aliphatic hydroxyl groups is 1. The Balaban J connectivity index is 2.37. The fourth-order valence-electron chi connectivity index (χ4n) is 2.57. The number of carbonyl (C=O) groups is 1. The smallest absolute Gasteiger partial charge is 0.251 e. The predicted molar refractivity (Wildman–Crippen MR) is 83.9 cm³/mol. The number of alkyl halides is 1. The average molecular weight is 305 g/mol. The van der Waals surface area contributed by atoms with Gasteiger partial charge in [0.15, 0.2) is 6.67 Å². The van der Waals surface area contributed by atoms with Crippen LogP contribution in [-0.2, 0) is 4.79 Å². The van der Waals surface area contributed by atoms with E-state index in [1.54, 1.807) is 7.11 Å². The maximum absolute atomic E-state index is 12.3. The molecule has 0 bridgehead atoms. The molecule has 0 heterocycles. The normalized spacial score (nSPS) is 12.1. The first-order valence-corrected chi connectivity index (χ1v) is 7.19. The molecule has 1 unspecified atom stereocenters. The Bertz CT molecular complexity index is 645. The number of amides is 1. The second kappa shape index (κ2) is 7.75. The molecule has 4 nitrogen and oxygen atoms in total. The van der Waals surface area contributed by atoms with Gasteiger partial charge in [0.1, 0.15) is 5.75 Å². The molecule has 0 aliphatic heterocycles. The number of aliphatic hydroxyl groups excluding tert-OH is 1. The molecule has 0 saturated heterocycles. The Morgan fingerprint density at radius 3 is 2.86 bits per heavy atom. The molecule has 2 rings (SSSR count). The fourth-order valence-corrected chi connectivity index (χ4v) is 2.57. The van der Waals surface area contributed by atoms with Crippen LogP contribution in [0, 0.1) is 0 Å². The lowest BCUT2D eigenvalue weighted by Crippen LogP contribution is -2.30. The number of rotatable bonds is 7. The van der Waals surface area contributed by atoms with Crippen LogP contribution in [0.25, 0.3) is 10.8 Å². The molecule has 0 fully saturated rings. The highest BCUT2D eigenvalue weighted by Gasteiger charge is 2.15. The van der Waals surface area contributed by atoms with Gasteiger partial charge in [-0.1, -0.05) is 24.3 Å². The van der Waals surface area contributed by atoms with Crippen molar-refractivity contribution in [2.75, 3.05) is 26.9 Å². The summed E-state index contributed by atoms with van der Waals surface area (Å²) < 4.78 is 17.6. The van der Waals surface area contributed by atoms with Crippen LogP contribution >= 0.6 is 0 Å². The molecule has 0 spiro atoms. The van der Waals surface area contributed by atoms with Gasteiger partial charge in [-0.25, -0.2) is 4.39 Å². The third-order valence-electron chi connectivity index (χ3n) is 3.71. The van der Waals surface area contributed by atoms with E-state index in [0.717, 1.165) is 22.1 Å². The molecule has 2 aromatic carbocycles. The van der Waals surface area contributed by atoms with E-state index in [9.17, 15) is 14.3 Å². The zero-order valence-corrected chi connectivity index (χ0v) is 12.5. The van der Waals surface area contributed by atoms with Crippen molar-refractivity contribution < 1.29 is 19.0 Å². The molecule has 2 N–H and O–H groups in total. The molecule has 22 heavy (non-hydrogen) atoms. The minimum atomic E-state index is -1.03. The van der Waals surface area contributed by atoms with E-state index in [1.165, 1.54) is 0 Å². The molecular formula is C17H20FNO3. The van der Waals surface area contributed by atoms with Gasteiger partial charge in [0.25, 0.3) is 5.91 Å². The number of halogens is 1. The van der Waals surface area contributed by atoms with Crippen molar-refractivity contribution in [1.82, 2.24) is 5.32 Å². The summed E-state index contributed by atoms with van der Waals surface area (Å²) in [6.45, 7) is -0.745. The van der Waals surface area contributed by atoms with E-state index in [-0.39, 0.29) is 12.5 Å². The van der Waals surface area contributed by atoms with Gasteiger partial charge >= 0.3 is 0 Å². The summed E-state index contributed by atoms with van der Waals surface area (Å²) in [5, 5.41) is 13.9. The van der Waals surface area contributed by atoms with Crippen LogP contribution in [0.2, 0.25) is 0 Å². The number of ether oxygens (including phenoxy) is 1. The van der Waals surface area contributed by atoms with Crippen LogP contribution in [0.1, 0.15) is 17.9 Å². The zero-order valence-electron chi connectivity index (χ0n) is 12.5. The third kappa shape index (κ3) is 3.74. The van der Waals surface area contributed by atoms with Gasteiger partial charge < -0.3 is 15.2 Å². The zero-order chi connectivity index (χ0) is 15.9. The topological polar surface area (TPSA) is 58.6 Å². The number of nitrogens with one attached hydrogen (secondary N) is 1. The Morgan fingerprint density at radius 1 is 1.36 bits per heavy atom. The third-order valence-corrected chi connectivity index (χ3v) is 3.71. The summed E-state index contributed by atoms with van der Waals surface area (Å²) in [6, 6.07) is 11.7. The summed E-state index contributed by atoms with van der Waals surface area (Å²) in [7, 11) is 1.61. The number of fused-ring (bicyclic) bond motifs is 1. The molecule has 0 radical (unpaired) electrons. The molecule has 0 saturated carbocycles. The first kappa shape index (κ1) is 16.2. The highest BCUT2D eigenvalue weighted by molar-refractivity contribution is 5.87. The summed E-state index contributed by atoms with van der Waals surface area (Å²) in [6.07, 6.45) is 0.489. The van der Waals surface area contributed by atoms with Gasteiger partial charge in [0, 0.05) is 19.1 Å². The largest absolute Gasteiger partial charge is 0.497 e. The maximum Gasteiger partial charge on any atom is 0.251 e. The molecular weight excluding hydrogens is 285 g/mol.